The van der Waals surface area contributed by atoms with Gasteiger partial charge in [-0.2, -0.15) is 0 Å². The van der Waals surface area contributed by atoms with Gasteiger partial charge in [0.1, 0.15) is 11.5 Å². The fourth-order valence-corrected chi connectivity index (χ4v) is 3.13. The molecule has 0 radical (unpaired) electrons. The third kappa shape index (κ3) is 5.70. The third-order valence-electron chi connectivity index (χ3n) is 4.63. The largest absolute Gasteiger partial charge is 0.497 e. The van der Waals surface area contributed by atoms with E-state index in [1.807, 2.05) is 30.3 Å². The molecule has 29 heavy (non-hydrogen) atoms. The molecular formula is C22H29N3O4. The fourth-order valence-electron chi connectivity index (χ4n) is 3.13. The quantitative estimate of drug-likeness (QED) is 0.499. The van der Waals surface area contributed by atoms with Crippen molar-refractivity contribution in [3.05, 3.63) is 47.5 Å². The first-order valence-electron chi connectivity index (χ1n) is 9.85. The second-order valence-corrected chi connectivity index (χ2v) is 6.55. The van der Waals surface area contributed by atoms with Crippen LogP contribution in [-0.2, 0) is 12.8 Å². The number of benzene rings is 2. The Morgan fingerprint density at radius 3 is 2.66 bits per heavy atom. The number of methoxy groups -OCH3 is 2. The summed E-state index contributed by atoms with van der Waals surface area (Å²) >= 11 is 0. The molecule has 3 rings (SSSR count). The molecule has 2 N–H and O–H groups in total. The summed E-state index contributed by atoms with van der Waals surface area (Å²) in [6, 6.07) is 11.9. The van der Waals surface area contributed by atoms with E-state index < -0.39 is 0 Å². The minimum atomic E-state index is 0.298. The van der Waals surface area contributed by atoms with Crippen LogP contribution in [0.25, 0.3) is 0 Å². The zero-order chi connectivity index (χ0) is 20.5. The maximum atomic E-state index is 5.44. The monoisotopic (exact) mass is 399 g/mol. The highest BCUT2D eigenvalue weighted by atomic mass is 16.7. The number of hydrogen-bond donors (Lipinski definition) is 2. The highest BCUT2D eigenvalue weighted by Crippen LogP contribution is 2.32. The van der Waals surface area contributed by atoms with Gasteiger partial charge in [-0.3, -0.25) is 4.99 Å². The predicted molar refractivity (Wildman–Crippen MR) is 114 cm³/mol. The Bertz CT molecular complexity index is 839. The smallest absolute Gasteiger partial charge is 0.231 e. The van der Waals surface area contributed by atoms with Gasteiger partial charge in [-0.1, -0.05) is 6.07 Å². The van der Waals surface area contributed by atoms with Crippen molar-refractivity contribution < 1.29 is 18.9 Å². The normalized spacial score (nSPS) is 12.6. The lowest BCUT2D eigenvalue weighted by Gasteiger charge is -2.12. The summed E-state index contributed by atoms with van der Waals surface area (Å²) in [6.07, 6.45) is 1.63. The predicted octanol–water partition coefficient (Wildman–Crippen LogP) is 2.77. The van der Waals surface area contributed by atoms with E-state index >= 15 is 0 Å². The first kappa shape index (κ1) is 20.6. The lowest BCUT2D eigenvalue weighted by molar-refractivity contribution is 0.174. The summed E-state index contributed by atoms with van der Waals surface area (Å²) in [5, 5.41) is 6.67. The van der Waals surface area contributed by atoms with Crippen molar-refractivity contribution >= 4 is 5.96 Å². The molecule has 0 fully saturated rings. The minimum Gasteiger partial charge on any atom is -0.497 e. The molecule has 2 aromatic rings. The van der Waals surface area contributed by atoms with Crippen LogP contribution >= 0.6 is 0 Å². The van der Waals surface area contributed by atoms with E-state index in [4.69, 9.17) is 18.9 Å². The second-order valence-electron chi connectivity index (χ2n) is 6.55. The Labute approximate surface area is 172 Å². The lowest BCUT2D eigenvalue weighted by atomic mass is 10.1. The van der Waals surface area contributed by atoms with Gasteiger partial charge in [-0.05, 0) is 61.2 Å². The maximum absolute atomic E-state index is 5.44. The van der Waals surface area contributed by atoms with E-state index in [0.29, 0.717) is 13.3 Å². The summed E-state index contributed by atoms with van der Waals surface area (Å²) in [5.74, 6) is 4.09. The van der Waals surface area contributed by atoms with Crippen LogP contribution in [0.4, 0.5) is 0 Å². The molecule has 1 aliphatic rings. The molecule has 0 saturated carbocycles. The Hall–Kier alpha value is -3.09. The second kappa shape index (κ2) is 10.5. The molecule has 0 aromatic heterocycles. The SMILES string of the molecule is CCNC(=NCCc1cc(OC)ccc1OC)NCCc1ccc2c(c1)OCO2. The molecule has 2 aromatic carbocycles. The average molecular weight is 399 g/mol. The molecule has 0 spiro atoms. The Kier molecular flexibility index (Phi) is 7.44. The molecule has 0 aliphatic carbocycles. The number of hydrogen-bond acceptors (Lipinski definition) is 5. The van der Waals surface area contributed by atoms with Crippen molar-refractivity contribution in [1.29, 1.82) is 0 Å². The number of guanidine groups is 1. The van der Waals surface area contributed by atoms with Crippen LogP contribution < -0.4 is 29.6 Å². The Morgan fingerprint density at radius 2 is 1.86 bits per heavy atom. The summed E-state index contributed by atoms with van der Waals surface area (Å²) in [7, 11) is 3.34. The van der Waals surface area contributed by atoms with Crippen LogP contribution in [-0.4, -0.2) is 46.6 Å². The molecule has 0 saturated heterocycles. The number of nitrogens with one attached hydrogen (secondary N) is 2. The van der Waals surface area contributed by atoms with E-state index in [-0.39, 0.29) is 0 Å². The van der Waals surface area contributed by atoms with Gasteiger partial charge in [0.15, 0.2) is 17.5 Å². The van der Waals surface area contributed by atoms with Crippen LogP contribution in [0.3, 0.4) is 0 Å². The van der Waals surface area contributed by atoms with Gasteiger partial charge in [-0.25, -0.2) is 0 Å². The van der Waals surface area contributed by atoms with E-state index in [1.54, 1.807) is 14.2 Å². The Balaban J connectivity index is 1.53. The van der Waals surface area contributed by atoms with Crippen molar-refractivity contribution in [3.8, 4) is 23.0 Å². The van der Waals surface area contributed by atoms with Gasteiger partial charge < -0.3 is 29.6 Å². The summed E-state index contributed by atoms with van der Waals surface area (Å²) in [5.41, 5.74) is 2.27. The maximum Gasteiger partial charge on any atom is 0.231 e. The molecule has 1 aliphatic heterocycles. The fraction of sp³-hybridized carbons (Fsp3) is 0.409. The summed E-state index contributed by atoms with van der Waals surface area (Å²) < 4.78 is 21.5. The zero-order valence-corrected chi connectivity index (χ0v) is 17.3. The van der Waals surface area contributed by atoms with Crippen molar-refractivity contribution in [2.75, 3.05) is 40.6 Å². The van der Waals surface area contributed by atoms with Crippen LogP contribution in [0.15, 0.2) is 41.4 Å². The molecule has 156 valence electrons. The van der Waals surface area contributed by atoms with E-state index in [9.17, 15) is 0 Å². The summed E-state index contributed by atoms with van der Waals surface area (Å²) in [6.45, 7) is 4.57. The van der Waals surface area contributed by atoms with Gasteiger partial charge in [0.2, 0.25) is 6.79 Å². The van der Waals surface area contributed by atoms with Crippen molar-refractivity contribution in [1.82, 2.24) is 10.6 Å². The molecule has 7 nitrogen and oxygen atoms in total. The molecule has 7 heteroatoms. The molecule has 0 unspecified atom stereocenters. The third-order valence-corrected chi connectivity index (χ3v) is 4.63. The summed E-state index contributed by atoms with van der Waals surface area (Å²) in [4.78, 5) is 4.68. The first-order valence-corrected chi connectivity index (χ1v) is 9.85. The van der Waals surface area contributed by atoms with Crippen molar-refractivity contribution in [3.63, 3.8) is 0 Å². The average Bonchev–Trinajstić information content (AvgIpc) is 3.21. The highest BCUT2D eigenvalue weighted by molar-refractivity contribution is 5.79. The molecule has 0 amide bonds. The van der Waals surface area contributed by atoms with Crippen LogP contribution in [0.5, 0.6) is 23.0 Å². The minimum absolute atomic E-state index is 0.298. The van der Waals surface area contributed by atoms with E-state index in [0.717, 1.165) is 60.5 Å². The van der Waals surface area contributed by atoms with Gasteiger partial charge in [-0.15, -0.1) is 0 Å². The lowest BCUT2D eigenvalue weighted by Crippen LogP contribution is -2.38. The van der Waals surface area contributed by atoms with E-state index in [1.165, 1.54) is 5.56 Å². The molecule has 1 heterocycles. The van der Waals surface area contributed by atoms with Gasteiger partial charge in [0.25, 0.3) is 0 Å². The molecule has 0 bridgehead atoms. The zero-order valence-electron chi connectivity index (χ0n) is 17.3. The van der Waals surface area contributed by atoms with Gasteiger partial charge >= 0.3 is 0 Å². The van der Waals surface area contributed by atoms with Gasteiger partial charge in [0.05, 0.1) is 14.2 Å². The molecule has 0 atom stereocenters. The number of aliphatic imine (C=N–C) groups is 1. The topological polar surface area (TPSA) is 73.3 Å². The standard InChI is InChI=1S/C22H29N3O4/c1-4-23-22(24-11-9-16-5-7-20-21(13-16)29-15-28-20)25-12-10-17-14-18(26-2)6-8-19(17)27-3/h5-8,13-14H,4,9-12,15H2,1-3H3,(H2,23,24,25). The number of fused-ring (bicyclic) bond motifs is 1. The number of ether oxygens (including phenoxy) is 4. The molecular weight excluding hydrogens is 370 g/mol. The van der Waals surface area contributed by atoms with Crippen molar-refractivity contribution in [2.45, 2.75) is 19.8 Å². The number of rotatable bonds is 9. The van der Waals surface area contributed by atoms with Gasteiger partial charge in [0, 0.05) is 19.6 Å². The highest BCUT2D eigenvalue weighted by Gasteiger charge is 2.13. The van der Waals surface area contributed by atoms with Crippen LogP contribution in [0.1, 0.15) is 18.1 Å². The van der Waals surface area contributed by atoms with Crippen molar-refractivity contribution in [2.24, 2.45) is 4.99 Å². The Morgan fingerprint density at radius 1 is 1.00 bits per heavy atom. The van der Waals surface area contributed by atoms with Crippen LogP contribution in [0.2, 0.25) is 0 Å². The van der Waals surface area contributed by atoms with E-state index in [2.05, 4.69) is 28.6 Å². The first-order chi connectivity index (χ1) is 14.2. The number of nitrogens with zero attached hydrogens (tertiary/aromatic N) is 1. The van der Waals surface area contributed by atoms with Crippen LogP contribution in [0, 0.1) is 0 Å².